The van der Waals surface area contributed by atoms with Gasteiger partial charge in [0.05, 0.1) is 0 Å². The minimum Gasteiger partial charge on any atom is -0.465 e. The molecular weight excluding hydrogens is 320 g/mol. The number of aryl methyl sites for hydroxylation is 1. The van der Waals surface area contributed by atoms with Crippen LogP contribution >= 0.6 is 15.9 Å². The van der Waals surface area contributed by atoms with Crippen LogP contribution in [0.15, 0.2) is 16.6 Å². The largest absolute Gasteiger partial charge is 0.465 e. The molecule has 0 bridgehead atoms. The molecule has 0 aliphatic carbocycles. The Morgan fingerprint density at radius 3 is 2.95 bits per heavy atom. The highest BCUT2D eigenvalue weighted by Gasteiger charge is 2.43. The number of benzene rings is 1. The van der Waals surface area contributed by atoms with E-state index in [1.807, 2.05) is 0 Å². The molecular formula is C15H17BrN2O2. The molecule has 3 aliphatic rings. The number of fused-ring (bicyclic) bond motifs is 2. The van der Waals surface area contributed by atoms with E-state index in [2.05, 4.69) is 33.0 Å². The molecule has 0 radical (unpaired) electrons. The third-order valence-corrected chi connectivity index (χ3v) is 5.40. The lowest BCUT2D eigenvalue weighted by Crippen LogP contribution is -2.41. The highest BCUT2D eigenvalue weighted by atomic mass is 79.9. The molecule has 0 unspecified atom stereocenters. The molecule has 106 valence electrons. The number of carboxylic acid groups (broad SMARTS) is 1. The Kier molecular flexibility index (Phi) is 2.74. The van der Waals surface area contributed by atoms with Crippen LogP contribution in [0.1, 0.15) is 23.5 Å². The number of likely N-dealkylation sites (tertiary alicyclic amines) is 1. The first kappa shape index (κ1) is 12.5. The minimum atomic E-state index is -0.780. The van der Waals surface area contributed by atoms with Gasteiger partial charge in [0.1, 0.15) is 0 Å². The molecule has 1 amide bonds. The van der Waals surface area contributed by atoms with Gasteiger partial charge in [0.25, 0.3) is 0 Å². The van der Waals surface area contributed by atoms with Crippen LogP contribution in [-0.2, 0) is 6.42 Å². The average molecular weight is 337 g/mol. The number of halogens is 1. The second-order valence-electron chi connectivity index (χ2n) is 6.11. The van der Waals surface area contributed by atoms with Crippen LogP contribution < -0.4 is 4.90 Å². The number of carbonyl (C=O) groups is 1. The van der Waals surface area contributed by atoms with Gasteiger partial charge in [-0.05, 0) is 36.1 Å². The first-order valence-electron chi connectivity index (χ1n) is 7.18. The van der Waals surface area contributed by atoms with Gasteiger partial charge in [-0.15, -0.1) is 0 Å². The molecule has 1 N–H and O–H groups in total. The van der Waals surface area contributed by atoms with Gasteiger partial charge in [-0.2, -0.15) is 0 Å². The molecule has 1 fully saturated rings. The van der Waals surface area contributed by atoms with E-state index in [0.717, 1.165) is 24.0 Å². The molecule has 4 rings (SSSR count). The van der Waals surface area contributed by atoms with E-state index in [-0.39, 0.29) is 0 Å². The van der Waals surface area contributed by atoms with Gasteiger partial charge < -0.3 is 14.9 Å². The summed E-state index contributed by atoms with van der Waals surface area (Å²) in [6.07, 6.45) is 1.55. The first-order valence-corrected chi connectivity index (χ1v) is 7.98. The number of nitrogens with zero attached hydrogens (tertiary/aromatic N) is 2. The zero-order valence-electron chi connectivity index (χ0n) is 11.2. The predicted octanol–water partition coefficient (Wildman–Crippen LogP) is 2.91. The van der Waals surface area contributed by atoms with Gasteiger partial charge in [0.2, 0.25) is 0 Å². The molecule has 1 aromatic rings. The van der Waals surface area contributed by atoms with Crippen molar-refractivity contribution in [3.8, 4) is 0 Å². The molecule has 20 heavy (non-hydrogen) atoms. The Labute approximate surface area is 126 Å². The van der Waals surface area contributed by atoms with E-state index in [1.165, 1.54) is 23.2 Å². The van der Waals surface area contributed by atoms with Gasteiger partial charge in [-0.25, -0.2) is 4.79 Å². The smallest absolute Gasteiger partial charge is 0.407 e. The first-order chi connectivity index (χ1) is 9.63. The highest BCUT2D eigenvalue weighted by Crippen LogP contribution is 2.47. The van der Waals surface area contributed by atoms with Crippen molar-refractivity contribution in [3.63, 3.8) is 0 Å². The topological polar surface area (TPSA) is 43.8 Å². The molecule has 3 heterocycles. The van der Waals surface area contributed by atoms with Crippen LogP contribution in [0.3, 0.4) is 0 Å². The molecule has 0 saturated carbocycles. The van der Waals surface area contributed by atoms with Gasteiger partial charge in [-0.3, -0.25) is 0 Å². The Bertz CT molecular complexity index is 589. The van der Waals surface area contributed by atoms with Gasteiger partial charge in [-0.1, -0.05) is 15.9 Å². The van der Waals surface area contributed by atoms with E-state index in [9.17, 15) is 9.90 Å². The van der Waals surface area contributed by atoms with E-state index >= 15 is 0 Å². The van der Waals surface area contributed by atoms with Gasteiger partial charge in [0.15, 0.2) is 0 Å². The Balaban J connectivity index is 1.81. The van der Waals surface area contributed by atoms with Crippen molar-refractivity contribution < 1.29 is 9.90 Å². The van der Waals surface area contributed by atoms with Crippen molar-refractivity contribution >= 4 is 27.7 Å². The quantitative estimate of drug-likeness (QED) is 0.792. The minimum absolute atomic E-state index is 0.367. The summed E-state index contributed by atoms with van der Waals surface area (Å²) in [5.74, 6) is 0.811. The lowest BCUT2D eigenvalue weighted by molar-refractivity contribution is 0.154. The van der Waals surface area contributed by atoms with Crippen molar-refractivity contribution in [2.45, 2.75) is 18.8 Å². The van der Waals surface area contributed by atoms with Gasteiger partial charge >= 0.3 is 6.09 Å². The maximum absolute atomic E-state index is 11.3. The zero-order chi connectivity index (χ0) is 13.9. The number of amides is 1. The molecule has 1 aromatic carbocycles. The molecule has 4 nitrogen and oxygen atoms in total. The Hall–Kier alpha value is -1.23. The van der Waals surface area contributed by atoms with Crippen molar-refractivity contribution in [3.05, 3.63) is 27.7 Å². The molecule has 5 heteroatoms. The Morgan fingerprint density at radius 1 is 1.30 bits per heavy atom. The van der Waals surface area contributed by atoms with Crippen molar-refractivity contribution in [2.75, 3.05) is 31.1 Å². The van der Waals surface area contributed by atoms with E-state index in [4.69, 9.17) is 0 Å². The van der Waals surface area contributed by atoms with Crippen molar-refractivity contribution in [2.24, 2.45) is 5.92 Å². The SMILES string of the molecule is O=C(O)N1C[C@@H]2CN3CCCc4cc(Br)cc(c43)[C@@H]2C1. The summed E-state index contributed by atoms with van der Waals surface area (Å²) in [7, 11) is 0. The van der Waals surface area contributed by atoms with Crippen LogP contribution in [0.5, 0.6) is 0 Å². The molecule has 0 spiro atoms. The second kappa shape index (κ2) is 4.38. The third-order valence-electron chi connectivity index (χ3n) is 4.94. The molecule has 2 atom stereocenters. The lowest BCUT2D eigenvalue weighted by atomic mass is 9.80. The summed E-state index contributed by atoms with van der Waals surface area (Å²) in [5, 5.41) is 9.26. The Morgan fingerprint density at radius 2 is 2.15 bits per heavy atom. The fourth-order valence-corrected chi connectivity index (χ4v) is 4.66. The number of hydrogen-bond acceptors (Lipinski definition) is 2. The van der Waals surface area contributed by atoms with E-state index < -0.39 is 6.09 Å². The number of anilines is 1. The van der Waals surface area contributed by atoms with Crippen LogP contribution in [-0.4, -0.2) is 42.3 Å². The van der Waals surface area contributed by atoms with Crippen LogP contribution in [0.4, 0.5) is 10.5 Å². The van der Waals surface area contributed by atoms with Crippen molar-refractivity contribution in [1.29, 1.82) is 0 Å². The fraction of sp³-hybridized carbons (Fsp3) is 0.533. The zero-order valence-corrected chi connectivity index (χ0v) is 12.8. The summed E-state index contributed by atoms with van der Waals surface area (Å²) in [6.45, 7) is 3.45. The number of rotatable bonds is 0. The van der Waals surface area contributed by atoms with Crippen LogP contribution in [0, 0.1) is 5.92 Å². The maximum Gasteiger partial charge on any atom is 0.407 e. The highest BCUT2D eigenvalue weighted by molar-refractivity contribution is 9.10. The summed E-state index contributed by atoms with van der Waals surface area (Å²) >= 11 is 3.62. The third kappa shape index (κ3) is 1.75. The normalized spacial score (nSPS) is 27.2. The van der Waals surface area contributed by atoms with E-state index in [1.54, 1.807) is 4.90 Å². The maximum atomic E-state index is 11.3. The summed E-state index contributed by atoms with van der Waals surface area (Å²) in [4.78, 5) is 15.3. The number of hydrogen-bond donors (Lipinski definition) is 1. The molecule has 3 aliphatic heterocycles. The molecule has 1 saturated heterocycles. The monoisotopic (exact) mass is 336 g/mol. The predicted molar refractivity (Wildman–Crippen MR) is 80.5 cm³/mol. The second-order valence-corrected chi connectivity index (χ2v) is 7.02. The fourth-order valence-electron chi connectivity index (χ4n) is 4.14. The van der Waals surface area contributed by atoms with Gasteiger partial charge in [0, 0.05) is 48.2 Å². The molecule has 0 aromatic heterocycles. The van der Waals surface area contributed by atoms with Crippen LogP contribution in [0.25, 0.3) is 0 Å². The standard InChI is InChI=1S/C15H17BrN2O2/c16-11-4-9-2-1-3-17-6-10-7-18(15(19)20)8-13(10)12(5-11)14(9)17/h4-5,10,13H,1-3,6-8H2,(H,19,20)/t10-,13+/m0/s1. The van der Waals surface area contributed by atoms with E-state index in [0.29, 0.717) is 24.9 Å². The summed E-state index contributed by atoms with van der Waals surface area (Å²) < 4.78 is 1.13. The van der Waals surface area contributed by atoms with Crippen molar-refractivity contribution in [1.82, 2.24) is 4.90 Å². The average Bonchev–Trinajstić information content (AvgIpc) is 2.83. The lowest BCUT2D eigenvalue weighted by Gasteiger charge is -2.41. The summed E-state index contributed by atoms with van der Waals surface area (Å²) in [5.41, 5.74) is 4.18. The summed E-state index contributed by atoms with van der Waals surface area (Å²) in [6, 6.07) is 4.44. The van der Waals surface area contributed by atoms with Crippen LogP contribution in [0.2, 0.25) is 0 Å².